The van der Waals surface area contributed by atoms with Gasteiger partial charge in [-0.1, -0.05) is 0 Å². The Balaban J connectivity index is 2.52. The van der Waals surface area contributed by atoms with Crippen LogP contribution in [0, 0.1) is 0 Å². The smallest absolute Gasteiger partial charge is 0.351 e. The normalized spacial score (nSPS) is 10.7. The Labute approximate surface area is 109 Å². The number of rotatable bonds is 3. The van der Waals surface area contributed by atoms with E-state index in [4.69, 9.17) is 9.15 Å². The molecular weight excluding hydrogens is 248 g/mol. The van der Waals surface area contributed by atoms with Gasteiger partial charge >= 0.3 is 11.6 Å². The predicted molar refractivity (Wildman–Crippen MR) is 69.6 cm³/mol. The van der Waals surface area contributed by atoms with Crippen molar-refractivity contribution < 1.29 is 18.7 Å². The van der Waals surface area contributed by atoms with Crippen molar-refractivity contribution in [2.24, 2.45) is 0 Å². The maximum Gasteiger partial charge on any atom is 0.351 e. The first kappa shape index (κ1) is 13.1. The van der Waals surface area contributed by atoms with Crippen LogP contribution >= 0.6 is 0 Å². The first-order chi connectivity index (χ1) is 9.01. The highest BCUT2D eigenvalue weighted by Crippen LogP contribution is 2.21. The molecule has 100 valence electrons. The molecule has 0 spiro atoms. The molecule has 0 aliphatic rings. The molecule has 1 heterocycles. The van der Waals surface area contributed by atoms with Crippen LogP contribution in [0.1, 0.15) is 24.2 Å². The molecule has 1 aromatic heterocycles. The molecule has 5 nitrogen and oxygen atoms in total. The van der Waals surface area contributed by atoms with E-state index in [-0.39, 0.29) is 11.7 Å². The summed E-state index contributed by atoms with van der Waals surface area (Å²) in [5.41, 5.74) is -0.468. The van der Waals surface area contributed by atoms with Crippen LogP contribution in [0.3, 0.4) is 0 Å². The Morgan fingerprint density at radius 2 is 2.00 bits per heavy atom. The molecule has 0 N–H and O–H groups in total. The van der Waals surface area contributed by atoms with Crippen molar-refractivity contribution in [1.29, 1.82) is 0 Å². The van der Waals surface area contributed by atoms with E-state index in [2.05, 4.69) is 4.74 Å². The highest BCUT2D eigenvalue weighted by molar-refractivity contribution is 5.92. The van der Waals surface area contributed by atoms with Crippen LogP contribution in [-0.2, 0) is 4.74 Å². The van der Waals surface area contributed by atoms with Gasteiger partial charge in [-0.25, -0.2) is 9.59 Å². The first-order valence-corrected chi connectivity index (χ1v) is 5.84. The quantitative estimate of drug-likeness (QED) is 0.627. The molecule has 0 atom stereocenters. The number of carbonyl (C=O) groups excluding carboxylic acids is 1. The lowest BCUT2D eigenvalue weighted by Crippen LogP contribution is -2.15. The van der Waals surface area contributed by atoms with Gasteiger partial charge in [0.2, 0.25) is 0 Å². The van der Waals surface area contributed by atoms with Crippen LogP contribution in [0.4, 0.5) is 0 Å². The van der Waals surface area contributed by atoms with Crippen molar-refractivity contribution in [2.75, 3.05) is 7.11 Å². The van der Waals surface area contributed by atoms with Crippen LogP contribution in [0.5, 0.6) is 5.75 Å². The van der Waals surface area contributed by atoms with Crippen LogP contribution < -0.4 is 10.4 Å². The average Bonchev–Trinajstić information content (AvgIpc) is 2.36. The lowest BCUT2D eigenvalue weighted by molar-refractivity contribution is 0.0596. The zero-order chi connectivity index (χ0) is 14.0. The molecule has 0 saturated carbocycles. The van der Waals surface area contributed by atoms with Gasteiger partial charge < -0.3 is 13.9 Å². The number of carbonyl (C=O) groups is 1. The van der Waals surface area contributed by atoms with Gasteiger partial charge in [-0.3, -0.25) is 0 Å². The Morgan fingerprint density at radius 3 is 2.63 bits per heavy atom. The second-order valence-electron chi connectivity index (χ2n) is 4.31. The molecule has 19 heavy (non-hydrogen) atoms. The van der Waals surface area contributed by atoms with E-state index in [0.29, 0.717) is 16.7 Å². The number of esters is 1. The molecule has 2 rings (SSSR count). The average molecular weight is 262 g/mol. The third-order valence-electron chi connectivity index (χ3n) is 2.48. The monoisotopic (exact) mass is 262 g/mol. The van der Waals surface area contributed by atoms with Gasteiger partial charge in [0.15, 0.2) is 0 Å². The van der Waals surface area contributed by atoms with E-state index < -0.39 is 11.6 Å². The molecule has 5 heteroatoms. The van der Waals surface area contributed by atoms with Gasteiger partial charge in [0.25, 0.3) is 0 Å². The molecular formula is C14H14O5. The van der Waals surface area contributed by atoms with E-state index >= 15 is 0 Å². The summed E-state index contributed by atoms with van der Waals surface area (Å²) in [6, 6.07) is 6.55. The van der Waals surface area contributed by atoms with Gasteiger partial charge in [-0.05, 0) is 32.0 Å². The summed E-state index contributed by atoms with van der Waals surface area (Å²) in [4.78, 5) is 23.0. The van der Waals surface area contributed by atoms with Gasteiger partial charge in [0.1, 0.15) is 16.9 Å². The highest BCUT2D eigenvalue weighted by Gasteiger charge is 2.14. The van der Waals surface area contributed by atoms with E-state index in [1.165, 1.54) is 13.2 Å². The summed E-state index contributed by atoms with van der Waals surface area (Å²) in [5.74, 6) is -0.102. The number of hydrogen-bond acceptors (Lipinski definition) is 5. The summed E-state index contributed by atoms with van der Waals surface area (Å²) in [6.45, 7) is 3.81. The van der Waals surface area contributed by atoms with Crippen LogP contribution in [0.25, 0.3) is 11.0 Å². The molecule has 1 aromatic carbocycles. The largest absolute Gasteiger partial charge is 0.491 e. The highest BCUT2D eigenvalue weighted by atomic mass is 16.5. The molecule has 0 saturated heterocycles. The Morgan fingerprint density at radius 1 is 1.26 bits per heavy atom. The molecule has 0 amide bonds. The Bertz CT molecular complexity index is 669. The maximum atomic E-state index is 11.7. The van der Waals surface area contributed by atoms with Crippen molar-refractivity contribution in [3.63, 3.8) is 0 Å². The van der Waals surface area contributed by atoms with Crippen molar-refractivity contribution >= 4 is 16.9 Å². The lowest BCUT2D eigenvalue weighted by Gasteiger charge is -2.09. The molecule has 0 aliphatic carbocycles. The molecule has 0 unspecified atom stereocenters. The fraction of sp³-hybridized carbons (Fsp3) is 0.286. The molecule has 0 radical (unpaired) electrons. The topological polar surface area (TPSA) is 65.7 Å². The Hall–Kier alpha value is -2.30. The fourth-order valence-corrected chi connectivity index (χ4v) is 1.69. The standard InChI is InChI=1S/C14H14O5/c1-8(2)18-10-5-4-9-6-11(13(15)17-3)14(16)19-12(9)7-10/h4-8H,1-3H3. The number of benzene rings is 1. The minimum atomic E-state index is -0.721. The third-order valence-corrected chi connectivity index (χ3v) is 2.48. The summed E-state index contributed by atoms with van der Waals surface area (Å²) >= 11 is 0. The fourth-order valence-electron chi connectivity index (χ4n) is 1.69. The summed E-state index contributed by atoms with van der Waals surface area (Å²) in [7, 11) is 1.21. The van der Waals surface area contributed by atoms with Gasteiger partial charge in [0, 0.05) is 11.5 Å². The van der Waals surface area contributed by atoms with E-state index in [9.17, 15) is 9.59 Å². The minimum absolute atomic E-state index is 0.0264. The van der Waals surface area contributed by atoms with Gasteiger partial charge in [-0.15, -0.1) is 0 Å². The van der Waals surface area contributed by atoms with Crippen molar-refractivity contribution in [3.8, 4) is 5.75 Å². The first-order valence-electron chi connectivity index (χ1n) is 5.84. The van der Waals surface area contributed by atoms with E-state index in [1.54, 1.807) is 18.2 Å². The Kier molecular flexibility index (Phi) is 3.55. The number of hydrogen-bond donors (Lipinski definition) is 0. The van der Waals surface area contributed by atoms with Crippen molar-refractivity contribution in [1.82, 2.24) is 0 Å². The van der Waals surface area contributed by atoms with Gasteiger partial charge in [0.05, 0.1) is 13.2 Å². The summed E-state index contributed by atoms with van der Waals surface area (Å²) in [5, 5.41) is 0.635. The van der Waals surface area contributed by atoms with E-state index in [1.807, 2.05) is 13.8 Å². The number of ether oxygens (including phenoxy) is 2. The maximum absolute atomic E-state index is 11.7. The van der Waals surface area contributed by atoms with Crippen molar-refractivity contribution in [2.45, 2.75) is 20.0 Å². The van der Waals surface area contributed by atoms with Gasteiger partial charge in [-0.2, -0.15) is 0 Å². The zero-order valence-electron chi connectivity index (χ0n) is 10.9. The van der Waals surface area contributed by atoms with Crippen molar-refractivity contribution in [3.05, 3.63) is 40.2 Å². The molecule has 0 fully saturated rings. The van der Waals surface area contributed by atoms with E-state index in [0.717, 1.165) is 0 Å². The number of methoxy groups -OCH3 is 1. The summed E-state index contributed by atoms with van der Waals surface area (Å²) < 4.78 is 15.1. The minimum Gasteiger partial charge on any atom is -0.491 e. The third kappa shape index (κ3) is 2.76. The van der Waals surface area contributed by atoms with Crippen LogP contribution in [-0.4, -0.2) is 19.2 Å². The molecule has 0 aliphatic heterocycles. The number of fused-ring (bicyclic) bond motifs is 1. The second kappa shape index (κ2) is 5.14. The SMILES string of the molecule is COC(=O)c1cc2ccc(OC(C)C)cc2oc1=O. The predicted octanol–water partition coefficient (Wildman–Crippen LogP) is 2.37. The molecule has 0 bridgehead atoms. The molecule has 2 aromatic rings. The zero-order valence-corrected chi connectivity index (χ0v) is 10.9. The second-order valence-corrected chi connectivity index (χ2v) is 4.31. The van der Waals surface area contributed by atoms with Crippen LogP contribution in [0.15, 0.2) is 33.5 Å². The summed E-state index contributed by atoms with van der Waals surface area (Å²) in [6.07, 6.45) is 0.0264. The van der Waals surface area contributed by atoms with Crippen LogP contribution in [0.2, 0.25) is 0 Å². The lowest BCUT2D eigenvalue weighted by atomic mass is 10.2.